The van der Waals surface area contributed by atoms with Gasteiger partial charge in [-0.2, -0.15) is 0 Å². The number of carbonyl (C=O) groups is 1. The van der Waals surface area contributed by atoms with Gasteiger partial charge >= 0.3 is 11.7 Å². The van der Waals surface area contributed by atoms with Crippen LogP contribution in [0.25, 0.3) is 11.1 Å². The maximum Gasteiger partial charge on any atom is 0.319 e. The number of nitro benzene ring substituents is 2. The molecule has 22 heavy (non-hydrogen) atoms. The van der Waals surface area contributed by atoms with Gasteiger partial charge in [-0.15, -0.1) is 0 Å². The van der Waals surface area contributed by atoms with Crippen molar-refractivity contribution in [3.63, 3.8) is 0 Å². The lowest BCUT2D eigenvalue weighted by molar-refractivity contribution is -0.394. The van der Waals surface area contributed by atoms with Crippen LogP contribution in [0.1, 0.15) is 6.92 Å². The van der Waals surface area contributed by atoms with Crippen LogP contribution in [0.2, 0.25) is 0 Å². The fraction of sp³-hybridized carbons (Fsp3) is 0.0714. The summed E-state index contributed by atoms with van der Waals surface area (Å²) < 4.78 is 4.92. The molecule has 2 aromatic carbocycles. The van der Waals surface area contributed by atoms with Gasteiger partial charge in [-0.3, -0.25) is 25.0 Å². The van der Waals surface area contributed by atoms with E-state index in [4.69, 9.17) is 4.74 Å². The van der Waals surface area contributed by atoms with Crippen LogP contribution >= 0.6 is 0 Å². The quantitative estimate of drug-likeness (QED) is 0.371. The average molecular weight is 302 g/mol. The minimum absolute atomic E-state index is 0.108. The van der Waals surface area contributed by atoms with Crippen molar-refractivity contribution in [1.29, 1.82) is 0 Å². The molecule has 0 radical (unpaired) electrons. The Kier molecular flexibility index (Phi) is 4.12. The monoisotopic (exact) mass is 302 g/mol. The van der Waals surface area contributed by atoms with Crippen LogP contribution in [0.4, 0.5) is 11.4 Å². The predicted molar refractivity (Wildman–Crippen MR) is 76.5 cm³/mol. The molecule has 0 unspecified atom stereocenters. The van der Waals surface area contributed by atoms with Gasteiger partial charge in [0.1, 0.15) is 0 Å². The molecule has 0 heterocycles. The minimum Gasteiger partial charge on any atom is -0.419 e. The van der Waals surface area contributed by atoms with E-state index in [-0.39, 0.29) is 11.3 Å². The second kappa shape index (κ2) is 6.00. The normalized spacial score (nSPS) is 10.0. The zero-order chi connectivity index (χ0) is 16.3. The Labute approximate surface area is 124 Å². The third-order valence-corrected chi connectivity index (χ3v) is 2.79. The molecule has 0 aliphatic rings. The molecule has 0 bridgehead atoms. The number of nitrogens with zero attached hydrogens (tertiary/aromatic N) is 2. The average Bonchev–Trinajstić information content (AvgIpc) is 2.47. The van der Waals surface area contributed by atoms with Crippen molar-refractivity contribution < 1.29 is 19.4 Å². The van der Waals surface area contributed by atoms with Crippen molar-refractivity contribution in [3.05, 3.63) is 62.7 Å². The van der Waals surface area contributed by atoms with E-state index in [1.54, 1.807) is 30.3 Å². The Balaban J connectivity index is 2.79. The Hall–Kier alpha value is -3.29. The van der Waals surface area contributed by atoms with E-state index in [1.165, 1.54) is 0 Å². The van der Waals surface area contributed by atoms with Crippen LogP contribution in [-0.4, -0.2) is 15.8 Å². The number of non-ortho nitro benzene ring substituents is 1. The van der Waals surface area contributed by atoms with Gasteiger partial charge in [0.2, 0.25) is 5.75 Å². The molecule has 0 atom stereocenters. The van der Waals surface area contributed by atoms with Gasteiger partial charge in [0.25, 0.3) is 5.69 Å². The molecular formula is C14H10N2O6. The highest BCUT2D eigenvalue weighted by Gasteiger charge is 2.27. The number of benzene rings is 2. The first kappa shape index (κ1) is 15.1. The van der Waals surface area contributed by atoms with E-state index in [1.807, 2.05) is 0 Å². The van der Waals surface area contributed by atoms with Gasteiger partial charge < -0.3 is 4.74 Å². The topological polar surface area (TPSA) is 113 Å². The van der Waals surface area contributed by atoms with E-state index in [9.17, 15) is 25.0 Å². The zero-order valence-corrected chi connectivity index (χ0v) is 11.4. The first-order chi connectivity index (χ1) is 10.4. The van der Waals surface area contributed by atoms with Crippen molar-refractivity contribution in [2.45, 2.75) is 6.92 Å². The SMILES string of the molecule is CC(=O)Oc1c(-c2ccccc2)cc([N+](=O)[O-])cc1[N+](=O)[O-]. The molecule has 0 aliphatic carbocycles. The number of rotatable bonds is 4. The standard InChI is InChI=1S/C14H10N2O6/c1-9(17)22-14-12(10-5-3-2-4-6-10)7-11(15(18)19)8-13(14)16(20)21/h2-8H,1H3. The number of hydrogen-bond donors (Lipinski definition) is 0. The molecule has 0 aliphatic heterocycles. The van der Waals surface area contributed by atoms with E-state index in [0.717, 1.165) is 19.1 Å². The lowest BCUT2D eigenvalue weighted by atomic mass is 10.0. The summed E-state index contributed by atoms with van der Waals surface area (Å²) in [6.45, 7) is 1.10. The summed E-state index contributed by atoms with van der Waals surface area (Å²) >= 11 is 0. The highest BCUT2D eigenvalue weighted by molar-refractivity contribution is 5.82. The number of nitro groups is 2. The first-order valence-corrected chi connectivity index (χ1v) is 6.11. The van der Waals surface area contributed by atoms with Gasteiger partial charge in [0.15, 0.2) is 0 Å². The van der Waals surface area contributed by atoms with Crippen molar-refractivity contribution in [2.75, 3.05) is 0 Å². The molecule has 112 valence electrons. The molecule has 0 amide bonds. The van der Waals surface area contributed by atoms with Gasteiger partial charge in [-0.1, -0.05) is 30.3 Å². The summed E-state index contributed by atoms with van der Waals surface area (Å²) in [5.41, 5.74) is -0.521. The third-order valence-electron chi connectivity index (χ3n) is 2.79. The summed E-state index contributed by atoms with van der Waals surface area (Å²) in [6, 6.07) is 10.2. The third kappa shape index (κ3) is 3.06. The van der Waals surface area contributed by atoms with Gasteiger partial charge in [-0.25, -0.2) is 0 Å². The fourth-order valence-electron chi connectivity index (χ4n) is 1.92. The largest absolute Gasteiger partial charge is 0.419 e. The Bertz CT molecular complexity index is 757. The van der Waals surface area contributed by atoms with Crippen molar-refractivity contribution in [2.24, 2.45) is 0 Å². The maximum atomic E-state index is 11.2. The van der Waals surface area contributed by atoms with Crippen molar-refractivity contribution >= 4 is 17.3 Å². The van der Waals surface area contributed by atoms with Crippen LogP contribution in [0, 0.1) is 20.2 Å². The maximum absolute atomic E-state index is 11.2. The highest BCUT2D eigenvalue weighted by Crippen LogP contribution is 2.41. The van der Waals surface area contributed by atoms with E-state index >= 15 is 0 Å². The summed E-state index contributed by atoms with van der Waals surface area (Å²) in [7, 11) is 0. The van der Waals surface area contributed by atoms with Crippen LogP contribution in [-0.2, 0) is 4.79 Å². The Morgan fingerprint density at radius 1 is 1.05 bits per heavy atom. The smallest absolute Gasteiger partial charge is 0.319 e. The Morgan fingerprint density at radius 2 is 1.68 bits per heavy atom. The van der Waals surface area contributed by atoms with Crippen LogP contribution < -0.4 is 4.74 Å². The van der Waals surface area contributed by atoms with Crippen molar-refractivity contribution in [3.8, 4) is 16.9 Å². The number of esters is 1. The van der Waals surface area contributed by atoms with Crippen LogP contribution in [0.5, 0.6) is 5.75 Å². The number of hydrogen-bond acceptors (Lipinski definition) is 6. The second-order valence-corrected chi connectivity index (χ2v) is 4.32. The number of ether oxygens (including phenoxy) is 1. The van der Waals surface area contributed by atoms with Gasteiger partial charge in [0, 0.05) is 18.6 Å². The summed E-state index contributed by atoms with van der Waals surface area (Å²) in [5.74, 6) is -1.07. The molecule has 0 saturated carbocycles. The van der Waals surface area contributed by atoms with Crippen molar-refractivity contribution in [1.82, 2.24) is 0 Å². The van der Waals surface area contributed by atoms with E-state index in [2.05, 4.69) is 0 Å². The van der Waals surface area contributed by atoms with E-state index in [0.29, 0.717) is 5.56 Å². The van der Waals surface area contributed by atoms with Crippen LogP contribution in [0.3, 0.4) is 0 Å². The molecule has 8 nitrogen and oxygen atoms in total. The van der Waals surface area contributed by atoms with Crippen LogP contribution in [0.15, 0.2) is 42.5 Å². The molecule has 8 heteroatoms. The summed E-state index contributed by atoms with van der Waals surface area (Å²) in [4.78, 5) is 31.8. The first-order valence-electron chi connectivity index (χ1n) is 6.11. The lowest BCUT2D eigenvalue weighted by Gasteiger charge is -2.09. The molecule has 0 spiro atoms. The molecule has 0 saturated heterocycles. The number of carbonyl (C=O) groups excluding carboxylic acids is 1. The predicted octanol–water partition coefficient (Wildman–Crippen LogP) is 3.10. The van der Waals surface area contributed by atoms with Gasteiger partial charge in [-0.05, 0) is 5.56 Å². The fourth-order valence-corrected chi connectivity index (χ4v) is 1.92. The summed E-state index contributed by atoms with van der Waals surface area (Å²) in [6.07, 6.45) is 0. The molecule has 2 aromatic rings. The molecular weight excluding hydrogens is 292 g/mol. The second-order valence-electron chi connectivity index (χ2n) is 4.32. The highest BCUT2D eigenvalue weighted by atomic mass is 16.6. The molecule has 2 rings (SSSR count). The lowest BCUT2D eigenvalue weighted by Crippen LogP contribution is -2.06. The molecule has 0 aromatic heterocycles. The van der Waals surface area contributed by atoms with Gasteiger partial charge in [0.05, 0.1) is 15.9 Å². The molecule has 0 N–H and O–H groups in total. The molecule has 0 fully saturated rings. The van der Waals surface area contributed by atoms with E-state index < -0.39 is 27.2 Å². The summed E-state index contributed by atoms with van der Waals surface area (Å²) in [5, 5.41) is 22.1. The minimum atomic E-state index is -0.822. The Morgan fingerprint density at radius 3 is 2.18 bits per heavy atom. The zero-order valence-electron chi connectivity index (χ0n) is 11.4.